The zero-order valence-electron chi connectivity index (χ0n) is 9.14. The summed E-state index contributed by atoms with van der Waals surface area (Å²) in [6, 6.07) is -0.603. The van der Waals surface area contributed by atoms with E-state index < -0.39 is 11.9 Å². The van der Waals surface area contributed by atoms with E-state index in [1.54, 1.807) is 25.3 Å². The number of amides is 2. The third kappa shape index (κ3) is 2.51. The Hall–Kier alpha value is -2.02. The standard InChI is InChI=1S/C12H14N2O2/c1-3-9-6-5-7-14(11(15)8-9)10(4-2)12(13)16/h1,5-7,10H,4,8H2,2H3,(H2,13,16). The minimum absolute atomic E-state index is 0.132. The molecule has 1 heterocycles. The molecule has 1 rings (SSSR count). The van der Waals surface area contributed by atoms with Crippen LogP contribution in [0, 0.1) is 12.3 Å². The molecule has 2 amide bonds. The number of primary amides is 1. The second-order valence-electron chi connectivity index (χ2n) is 3.48. The first kappa shape index (κ1) is 12.1. The van der Waals surface area contributed by atoms with Crippen molar-refractivity contribution in [1.29, 1.82) is 0 Å². The Morgan fingerprint density at radius 1 is 1.75 bits per heavy atom. The van der Waals surface area contributed by atoms with E-state index in [0.717, 1.165) is 0 Å². The number of rotatable bonds is 3. The van der Waals surface area contributed by atoms with Gasteiger partial charge in [0.05, 0.1) is 6.42 Å². The summed E-state index contributed by atoms with van der Waals surface area (Å²) >= 11 is 0. The number of hydrogen-bond acceptors (Lipinski definition) is 2. The van der Waals surface area contributed by atoms with Gasteiger partial charge in [0.2, 0.25) is 11.8 Å². The molecule has 84 valence electrons. The number of nitrogens with zero attached hydrogens (tertiary/aromatic N) is 1. The van der Waals surface area contributed by atoms with Gasteiger partial charge in [-0.05, 0) is 18.6 Å². The van der Waals surface area contributed by atoms with E-state index in [1.165, 1.54) is 4.90 Å². The van der Waals surface area contributed by atoms with Gasteiger partial charge in [0.1, 0.15) is 6.04 Å². The van der Waals surface area contributed by atoms with Crippen LogP contribution in [0.4, 0.5) is 0 Å². The van der Waals surface area contributed by atoms with Gasteiger partial charge in [-0.1, -0.05) is 12.8 Å². The predicted octanol–water partition coefficient (Wildman–Crippen LogP) is 0.556. The zero-order chi connectivity index (χ0) is 12.1. The first-order chi connectivity index (χ1) is 7.60. The number of carbonyl (C=O) groups excluding carboxylic acids is 2. The molecule has 0 aliphatic carbocycles. The van der Waals surface area contributed by atoms with Crippen LogP contribution in [-0.4, -0.2) is 22.8 Å². The van der Waals surface area contributed by atoms with Crippen LogP contribution in [0.15, 0.2) is 23.9 Å². The summed E-state index contributed by atoms with van der Waals surface area (Å²) in [5.41, 5.74) is 5.83. The maximum absolute atomic E-state index is 11.8. The molecule has 0 saturated heterocycles. The fraction of sp³-hybridized carbons (Fsp3) is 0.333. The van der Waals surface area contributed by atoms with E-state index in [4.69, 9.17) is 12.2 Å². The van der Waals surface area contributed by atoms with Gasteiger partial charge in [-0.2, -0.15) is 0 Å². The molecule has 0 aromatic heterocycles. The Labute approximate surface area is 94.8 Å². The fourth-order valence-electron chi connectivity index (χ4n) is 1.56. The molecular formula is C12H14N2O2. The Balaban J connectivity index is 2.91. The molecule has 1 atom stereocenters. The molecule has 2 N–H and O–H groups in total. The molecule has 0 spiro atoms. The quantitative estimate of drug-likeness (QED) is 0.703. The van der Waals surface area contributed by atoms with Crippen LogP contribution in [0.3, 0.4) is 0 Å². The summed E-state index contributed by atoms with van der Waals surface area (Å²) in [4.78, 5) is 24.3. The van der Waals surface area contributed by atoms with Gasteiger partial charge in [0.15, 0.2) is 0 Å². The fourth-order valence-corrected chi connectivity index (χ4v) is 1.56. The van der Waals surface area contributed by atoms with Crippen LogP contribution < -0.4 is 5.73 Å². The third-order valence-corrected chi connectivity index (χ3v) is 2.41. The molecular weight excluding hydrogens is 204 g/mol. The Morgan fingerprint density at radius 3 is 2.94 bits per heavy atom. The van der Waals surface area contributed by atoms with Crippen LogP contribution in [0.5, 0.6) is 0 Å². The highest BCUT2D eigenvalue weighted by atomic mass is 16.2. The van der Waals surface area contributed by atoms with Crippen LogP contribution in [0.2, 0.25) is 0 Å². The number of nitrogens with two attached hydrogens (primary N) is 1. The molecule has 4 nitrogen and oxygen atoms in total. The van der Waals surface area contributed by atoms with E-state index in [0.29, 0.717) is 12.0 Å². The average Bonchev–Trinajstić information content (AvgIpc) is 2.42. The molecule has 0 aromatic carbocycles. The van der Waals surface area contributed by atoms with Crippen LogP contribution >= 0.6 is 0 Å². The van der Waals surface area contributed by atoms with Gasteiger partial charge >= 0.3 is 0 Å². The van der Waals surface area contributed by atoms with Gasteiger partial charge in [0.25, 0.3) is 0 Å². The molecule has 0 aromatic rings. The first-order valence-corrected chi connectivity index (χ1v) is 5.04. The van der Waals surface area contributed by atoms with Crippen LogP contribution in [-0.2, 0) is 9.59 Å². The smallest absolute Gasteiger partial charge is 0.240 e. The molecule has 1 unspecified atom stereocenters. The Bertz CT molecular complexity index is 402. The maximum Gasteiger partial charge on any atom is 0.240 e. The second-order valence-corrected chi connectivity index (χ2v) is 3.48. The Morgan fingerprint density at radius 2 is 2.44 bits per heavy atom. The van der Waals surface area contributed by atoms with Gasteiger partial charge in [0, 0.05) is 11.8 Å². The van der Waals surface area contributed by atoms with E-state index in [-0.39, 0.29) is 12.3 Å². The zero-order valence-corrected chi connectivity index (χ0v) is 9.14. The van der Waals surface area contributed by atoms with Crippen molar-refractivity contribution in [1.82, 2.24) is 4.90 Å². The van der Waals surface area contributed by atoms with Crippen molar-refractivity contribution in [3.8, 4) is 12.3 Å². The predicted molar refractivity (Wildman–Crippen MR) is 60.8 cm³/mol. The SMILES string of the molecule is C#CC1=CC=CN(C(CC)C(N)=O)C(=O)C1. The van der Waals surface area contributed by atoms with Gasteiger partial charge in [-0.15, -0.1) is 6.42 Å². The highest BCUT2D eigenvalue weighted by Gasteiger charge is 2.25. The van der Waals surface area contributed by atoms with Gasteiger partial charge in [-0.3, -0.25) is 9.59 Å². The number of terminal acetylenes is 1. The van der Waals surface area contributed by atoms with Crippen molar-refractivity contribution in [2.45, 2.75) is 25.8 Å². The lowest BCUT2D eigenvalue weighted by atomic mass is 10.1. The van der Waals surface area contributed by atoms with Crippen LogP contribution in [0.1, 0.15) is 19.8 Å². The summed E-state index contributed by atoms with van der Waals surface area (Å²) in [7, 11) is 0. The molecule has 1 aliphatic rings. The van der Waals surface area contributed by atoms with Crippen molar-refractivity contribution in [2.75, 3.05) is 0 Å². The monoisotopic (exact) mass is 218 g/mol. The minimum atomic E-state index is -0.603. The van der Waals surface area contributed by atoms with Crippen molar-refractivity contribution < 1.29 is 9.59 Å². The topological polar surface area (TPSA) is 63.4 Å². The molecule has 4 heteroatoms. The van der Waals surface area contributed by atoms with Crippen LogP contribution in [0.25, 0.3) is 0 Å². The second kappa shape index (κ2) is 5.17. The van der Waals surface area contributed by atoms with E-state index in [2.05, 4.69) is 5.92 Å². The molecule has 0 saturated carbocycles. The van der Waals surface area contributed by atoms with Gasteiger partial charge in [-0.25, -0.2) is 0 Å². The lowest BCUT2D eigenvalue weighted by Crippen LogP contribution is -2.44. The van der Waals surface area contributed by atoms with Crippen molar-refractivity contribution in [3.63, 3.8) is 0 Å². The summed E-state index contributed by atoms with van der Waals surface area (Å²) < 4.78 is 0. The first-order valence-electron chi connectivity index (χ1n) is 5.04. The van der Waals surface area contributed by atoms with Gasteiger partial charge < -0.3 is 10.6 Å². The summed E-state index contributed by atoms with van der Waals surface area (Å²) in [5, 5.41) is 0. The largest absolute Gasteiger partial charge is 0.368 e. The summed E-state index contributed by atoms with van der Waals surface area (Å²) in [5.74, 6) is 1.71. The number of allylic oxidation sites excluding steroid dienone is 2. The van der Waals surface area contributed by atoms with E-state index >= 15 is 0 Å². The number of hydrogen-bond donors (Lipinski definition) is 1. The molecule has 0 bridgehead atoms. The summed E-state index contributed by atoms with van der Waals surface area (Å²) in [6.07, 6.45) is 10.7. The van der Waals surface area contributed by atoms with Crippen molar-refractivity contribution >= 4 is 11.8 Å². The third-order valence-electron chi connectivity index (χ3n) is 2.41. The molecule has 0 radical (unpaired) electrons. The van der Waals surface area contributed by atoms with E-state index in [9.17, 15) is 9.59 Å². The normalized spacial score (nSPS) is 17.4. The number of carbonyl (C=O) groups is 2. The minimum Gasteiger partial charge on any atom is -0.368 e. The average molecular weight is 218 g/mol. The van der Waals surface area contributed by atoms with Crippen molar-refractivity contribution in [2.24, 2.45) is 5.73 Å². The Kier molecular flexibility index (Phi) is 3.90. The lowest BCUT2D eigenvalue weighted by molar-refractivity contribution is -0.135. The summed E-state index contributed by atoms with van der Waals surface area (Å²) in [6.45, 7) is 1.80. The van der Waals surface area contributed by atoms with Crippen molar-refractivity contribution in [3.05, 3.63) is 23.9 Å². The lowest BCUT2D eigenvalue weighted by Gasteiger charge is -2.24. The highest BCUT2D eigenvalue weighted by Crippen LogP contribution is 2.14. The maximum atomic E-state index is 11.8. The molecule has 1 aliphatic heterocycles. The highest BCUT2D eigenvalue weighted by molar-refractivity contribution is 5.89. The molecule has 0 fully saturated rings. The van der Waals surface area contributed by atoms with E-state index in [1.807, 2.05) is 0 Å². The molecule has 16 heavy (non-hydrogen) atoms.